The smallest absolute Gasteiger partial charge is 0.146 e. The van der Waals surface area contributed by atoms with Gasteiger partial charge in [0.05, 0.1) is 22.8 Å². The lowest BCUT2D eigenvalue weighted by molar-refractivity contribution is 0.838. The molecule has 4 heterocycles. The van der Waals surface area contributed by atoms with Crippen LogP contribution in [-0.4, -0.2) is 23.0 Å². The van der Waals surface area contributed by atoms with Crippen molar-refractivity contribution < 1.29 is 0 Å². The molecule has 0 aromatic carbocycles. The summed E-state index contributed by atoms with van der Waals surface area (Å²) in [7, 11) is -1.77. The second kappa shape index (κ2) is 10.7. The monoisotopic (exact) mass is 495 g/mol. The first-order valence-corrected chi connectivity index (χ1v) is 15.4. The highest BCUT2D eigenvalue weighted by atomic mass is 32.1. The molecule has 178 valence electrons. The standard InChI is InChI=1S/C30H33N3SSi/c1-21(2)35(22(3)4,23(5)6)16-13-24-17-30(34-20-24)25-18-28(26-11-7-9-14-31-26)33-29(19-25)27-12-8-10-15-32-27/h7-12,14-15,17-23H,1-6H3. The van der Waals surface area contributed by atoms with E-state index in [1.54, 1.807) is 23.7 Å². The average molecular weight is 496 g/mol. The third-order valence-corrected chi connectivity index (χ3v) is 14.1. The van der Waals surface area contributed by atoms with Crippen molar-refractivity contribution in [3.05, 3.63) is 77.9 Å². The predicted molar refractivity (Wildman–Crippen MR) is 152 cm³/mol. The molecule has 0 aliphatic heterocycles. The lowest BCUT2D eigenvalue weighted by Gasteiger charge is -2.38. The Labute approximate surface area is 214 Å². The SMILES string of the molecule is CC(C)[Si](C#Cc1csc(-c2cc(-c3ccccn3)nc(-c3ccccn3)c2)c1)(C(C)C)C(C)C. The lowest BCUT2D eigenvalue weighted by atomic mass is 10.1. The van der Waals surface area contributed by atoms with Crippen molar-refractivity contribution in [2.45, 2.75) is 58.2 Å². The largest absolute Gasteiger partial charge is 0.255 e. The Morgan fingerprint density at radius 1 is 0.714 bits per heavy atom. The van der Waals surface area contributed by atoms with E-state index in [1.807, 2.05) is 36.4 Å². The van der Waals surface area contributed by atoms with E-state index in [2.05, 4.69) is 86.6 Å². The highest BCUT2D eigenvalue weighted by Crippen LogP contribution is 2.41. The molecule has 3 nitrogen and oxygen atoms in total. The molecular weight excluding hydrogens is 463 g/mol. The van der Waals surface area contributed by atoms with Gasteiger partial charge in [0.2, 0.25) is 0 Å². The van der Waals surface area contributed by atoms with Crippen LogP contribution >= 0.6 is 11.3 Å². The quantitative estimate of drug-likeness (QED) is 0.199. The van der Waals surface area contributed by atoms with Gasteiger partial charge in [-0.1, -0.05) is 59.6 Å². The van der Waals surface area contributed by atoms with E-state index < -0.39 is 8.07 Å². The highest BCUT2D eigenvalue weighted by molar-refractivity contribution is 7.13. The second-order valence-corrected chi connectivity index (χ2v) is 16.4. The van der Waals surface area contributed by atoms with Gasteiger partial charge in [-0.3, -0.25) is 9.97 Å². The van der Waals surface area contributed by atoms with Crippen LogP contribution in [-0.2, 0) is 0 Å². The minimum Gasteiger partial charge on any atom is -0.255 e. The Balaban J connectivity index is 1.77. The molecule has 35 heavy (non-hydrogen) atoms. The van der Waals surface area contributed by atoms with E-state index in [9.17, 15) is 0 Å². The molecule has 4 aromatic rings. The molecule has 0 N–H and O–H groups in total. The summed E-state index contributed by atoms with van der Waals surface area (Å²) in [5, 5.41) is 2.18. The molecule has 0 unspecified atom stereocenters. The number of aromatic nitrogens is 3. The molecule has 0 fully saturated rings. The van der Waals surface area contributed by atoms with Crippen LogP contribution in [0.25, 0.3) is 33.2 Å². The number of thiophene rings is 1. The molecular formula is C30H33N3SSi. The zero-order valence-electron chi connectivity index (χ0n) is 21.4. The van der Waals surface area contributed by atoms with Gasteiger partial charge >= 0.3 is 0 Å². The van der Waals surface area contributed by atoms with Gasteiger partial charge in [0, 0.05) is 28.2 Å². The van der Waals surface area contributed by atoms with Gasteiger partial charge in [-0.25, -0.2) is 4.98 Å². The van der Waals surface area contributed by atoms with Gasteiger partial charge in [0.25, 0.3) is 0 Å². The first-order valence-electron chi connectivity index (χ1n) is 12.3. The van der Waals surface area contributed by atoms with Crippen molar-refractivity contribution in [1.82, 2.24) is 15.0 Å². The maximum absolute atomic E-state index is 4.89. The normalized spacial score (nSPS) is 11.7. The third kappa shape index (κ3) is 5.29. The molecule has 4 aromatic heterocycles. The summed E-state index contributed by atoms with van der Waals surface area (Å²) in [5.41, 5.74) is 11.3. The fraction of sp³-hybridized carbons (Fsp3) is 0.300. The van der Waals surface area contributed by atoms with Crippen LogP contribution < -0.4 is 0 Å². The molecule has 0 spiro atoms. The fourth-order valence-electron chi connectivity index (χ4n) is 5.13. The molecule has 0 saturated carbocycles. The second-order valence-electron chi connectivity index (χ2n) is 9.90. The van der Waals surface area contributed by atoms with Crippen molar-refractivity contribution in [3.63, 3.8) is 0 Å². The zero-order chi connectivity index (χ0) is 25.0. The van der Waals surface area contributed by atoms with Crippen molar-refractivity contribution in [2.24, 2.45) is 0 Å². The summed E-state index contributed by atoms with van der Waals surface area (Å²) in [6, 6.07) is 18.3. The van der Waals surface area contributed by atoms with Gasteiger partial charge in [0.15, 0.2) is 0 Å². The van der Waals surface area contributed by atoms with Crippen molar-refractivity contribution in [2.75, 3.05) is 0 Å². The highest BCUT2D eigenvalue weighted by Gasteiger charge is 2.41. The average Bonchev–Trinajstić information content (AvgIpc) is 3.34. The molecule has 0 aliphatic carbocycles. The first kappa shape index (κ1) is 25.0. The molecule has 0 aliphatic rings. The lowest BCUT2D eigenvalue weighted by Crippen LogP contribution is -2.43. The van der Waals surface area contributed by atoms with Crippen LogP contribution in [0.3, 0.4) is 0 Å². The van der Waals surface area contributed by atoms with Crippen LogP contribution in [0.5, 0.6) is 0 Å². The summed E-state index contributed by atoms with van der Waals surface area (Å²) in [4.78, 5) is 15.1. The fourth-order valence-corrected chi connectivity index (χ4v) is 11.2. The van der Waals surface area contributed by atoms with Gasteiger partial charge < -0.3 is 0 Å². The molecule has 0 radical (unpaired) electrons. The van der Waals surface area contributed by atoms with E-state index in [0.29, 0.717) is 16.6 Å². The Bertz CT molecular complexity index is 1250. The van der Waals surface area contributed by atoms with Gasteiger partial charge in [-0.05, 0) is 64.7 Å². The number of hydrogen-bond donors (Lipinski definition) is 0. The number of nitrogens with zero attached hydrogens (tertiary/aromatic N) is 3. The summed E-state index contributed by atoms with van der Waals surface area (Å²) in [6.07, 6.45) is 3.61. The Kier molecular flexibility index (Phi) is 7.64. The molecule has 4 rings (SSSR count). The number of rotatable bonds is 6. The van der Waals surface area contributed by atoms with E-state index in [-0.39, 0.29) is 0 Å². The maximum Gasteiger partial charge on any atom is 0.146 e. The van der Waals surface area contributed by atoms with Crippen molar-refractivity contribution in [3.8, 4) is 44.7 Å². The van der Waals surface area contributed by atoms with Crippen molar-refractivity contribution >= 4 is 19.4 Å². The van der Waals surface area contributed by atoms with E-state index in [4.69, 9.17) is 4.98 Å². The summed E-state index contributed by atoms with van der Waals surface area (Å²) < 4.78 is 0. The molecule has 0 amide bonds. The van der Waals surface area contributed by atoms with Crippen LogP contribution in [0.1, 0.15) is 47.1 Å². The molecule has 5 heteroatoms. The summed E-state index contributed by atoms with van der Waals surface area (Å²) in [6.45, 7) is 14.1. The number of pyridine rings is 3. The Morgan fingerprint density at radius 3 is 1.71 bits per heavy atom. The van der Waals surface area contributed by atoms with Crippen LogP contribution in [0.15, 0.2) is 72.4 Å². The van der Waals surface area contributed by atoms with E-state index in [1.165, 1.54) is 4.88 Å². The zero-order valence-corrected chi connectivity index (χ0v) is 23.2. The van der Waals surface area contributed by atoms with Crippen LogP contribution in [0.4, 0.5) is 0 Å². The summed E-state index contributed by atoms with van der Waals surface area (Å²) in [5.74, 6) is 3.59. The topological polar surface area (TPSA) is 38.7 Å². The van der Waals surface area contributed by atoms with Crippen LogP contribution in [0, 0.1) is 11.5 Å². The third-order valence-electron chi connectivity index (χ3n) is 6.85. The maximum atomic E-state index is 4.89. The Hall–Kier alpha value is -3.07. The molecule has 0 atom stereocenters. The minimum absolute atomic E-state index is 0.621. The van der Waals surface area contributed by atoms with Crippen molar-refractivity contribution in [1.29, 1.82) is 0 Å². The molecule has 0 bridgehead atoms. The van der Waals surface area contributed by atoms with Gasteiger partial charge in [-0.2, -0.15) is 0 Å². The van der Waals surface area contributed by atoms with E-state index >= 15 is 0 Å². The minimum atomic E-state index is -1.77. The molecule has 0 saturated heterocycles. The van der Waals surface area contributed by atoms with E-state index in [0.717, 1.165) is 33.9 Å². The summed E-state index contributed by atoms with van der Waals surface area (Å²) >= 11 is 1.73. The number of hydrogen-bond acceptors (Lipinski definition) is 4. The van der Waals surface area contributed by atoms with Gasteiger partial charge in [-0.15, -0.1) is 16.9 Å². The van der Waals surface area contributed by atoms with Crippen LogP contribution in [0.2, 0.25) is 16.6 Å². The Morgan fingerprint density at radius 2 is 1.26 bits per heavy atom. The predicted octanol–water partition coefficient (Wildman–Crippen LogP) is 8.50. The van der Waals surface area contributed by atoms with Gasteiger partial charge in [0.1, 0.15) is 8.07 Å². The first-order chi connectivity index (χ1) is 16.8.